The van der Waals surface area contributed by atoms with E-state index in [0.29, 0.717) is 18.2 Å². The summed E-state index contributed by atoms with van der Waals surface area (Å²) in [4.78, 5) is 16.3. The Balaban J connectivity index is 1.69. The number of aromatic amines is 1. The second-order valence-corrected chi connectivity index (χ2v) is 4.73. The average molecular weight is 272 g/mol. The van der Waals surface area contributed by atoms with E-state index in [2.05, 4.69) is 20.5 Å². The predicted octanol–water partition coefficient (Wildman–Crippen LogP) is 2.33. The Kier molecular flexibility index (Phi) is 3.37. The fourth-order valence-electron chi connectivity index (χ4n) is 1.93. The van der Waals surface area contributed by atoms with Crippen molar-refractivity contribution in [2.75, 3.05) is 11.9 Å². The van der Waals surface area contributed by atoms with E-state index in [-0.39, 0.29) is 11.7 Å². The van der Waals surface area contributed by atoms with Crippen LogP contribution < -0.4 is 10.1 Å². The lowest BCUT2D eigenvalue weighted by Gasteiger charge is -2.06. The lowest BCUT2D eigenvalue weighted by atomic mass is 10.3. The highest BCUT2D eigenvalue weighted by atomic mass is 16.5. The van der Waals surface area contributed by atoms with Gasteiger partial charge in [-0.1, -0.05) is 6.07 Å². The number of ether oxygens (including phenoxy) is 1. The highest BCUT2D eigenvalue weighted by Gasteiger charge is 2.28. The second kappa shape index (κ2) is 5.32. The lowest BCUT2D eigenvalue weighted by Crippen LogP contribution is -2.13. The van der Waals surface area contributed by atoms with Crippen molar-refractivity contribution in [3.63, 3.8) is 0 Å². The monoisotopic (exact) mass is 272 g/mol. The van der Waals surface area contributed by atoms with E-state index in [1.54, 1.807) is 12.1 Å². The van der Waals surface area contributed by atoms with Crippen LogP contribution in [-0.2, 0) is 0 Å². The number of nitrogens with zero attached hydrogens (tertiary/aromatic N) is 2. The molecule has 0 unspecified atom stereocenters. The number of anilines is 1. The average Bonchev–Trinajstić information content (AvgIpc) is 3.17. The van der Waals surface area contributed by atoms with Gasteiger partial charge in [-0.05, 0) is 31.9 Å². The van der Waals surface area contributed by atoms with Crippen molar-refractivity contribution in [1.29, 1.82) is 0 Å². The van der Waals surface area contributed by atoms with E-state index in [0.717, 1.165) is 24.4 Å². The topological polar surface area (TPSA) is 79.9 Å². The van der Waals surface area contributed by atoms with Gasteiger partial charge in [-0.2, -0.15) is 0 Å². The highest BCUT2D eigenvalue weighted by Crippen LogP contribution is 2.37. The molecule has 0 spiro atoms. The normalized spacial score (nSPS) is 14.1. The molecule has 1 aromatic heterocycles. The molecule has 1 fully saturated rings. The maximum atomic E-state index is 12.0. The summed E-state index contributed by atoms with van der Waals surface area (Å²) >= 11 is 0. The van der Waals surface area contributed by atoms with E-state index in [1.165, 1.54) is 0 Å². The molecule has 3 rings (SSSR count). The summed E-state index contributed by atoms with van der Waals surface area (Å²) in [6.07, 6.45) is 2.24. The van der Waals surface area contributed by atoms with E-state index in [9.17, 15) is 4.79 Å². The van der Waals surface area contributed by atoms with E-state index in [1.807, 2.05) is 19.1 Å². The summed E-state index contributed by atoms with van der Waals surface area (Å²) in [7, 11) is 0. The number of carbonyl (C=O) groups is 1. The molecule has 1 aliphatic rings. The van der Waals surface area contributed by atoms with Gasteiger partial charge < -0.3 is 10.1 Å². The molecule has 1 heterocycles. The van der Waals surface area contributed by atoms with Crippen LogP contribution in [0, 0.1) is 0 Å². The summed E-state index contributed by atoms with van der Waals surface area (Å²) in [6.45, 7) is 2.50. The van der Waals surface area contributed by atoms with Crippen molar-refractivity contribution in [1.82, 2.24) is 15.2 Å². The van der Waals surface area contributed by atoms with Crippen LogP contribution in [0.4, 0.5) is 5.69 Å². The third kappa shape index (κ3) is 2.79. The molecular formula is C14H16N4O2. The van der Waals surface area contributed by atoms with Crippen LogP contribution in [0.25, 0.3) is 0 Å². The fraction of sp³-hybridized carbons (Fsp3) is 0.357. The van der Waals surface area contributed by atoms with Crippen molar-refractivity contribution in [2.45, 2.75) is 25.7 Å². The molecule has 0 radical (unpaired) electrons. The van der Waals surface area contributed by atoms with E-state index >= 15 is 0 Å². The Labute approximate surface area is 116 Å². The minimum Gasteiger partial charge on any atom is -0.494 e. The van der Waals surface area contributed by atoms with Gasteiger partial charge >= 0.3 is 0 Å². The third-order valence-electron chi connectivity index (χ3n) is 3.07. The van der Waals surface area contributed by atoms with Crippen LogP contribution in [0.15, 0.2) is 24.3 Å². The Bertz CT molecular complexity index is 619. The number of rotatable bonds is 5. The SMILES string of the molecule is CCOc1cccc(NC(=O)c2n[nH]c(C3CC3)n2)c1. The summed E-state index contributed by atoms with van der Waals surface area (Å²) in [6, 6.07) is 7.25. The standard InChI is InChI=1S/C14H16N4O2/c1-2-20-11-5-3-4-10(8-11)15-14(19)13-16-12(17-18-13)9-6-7-9/h3-5,8-9H,2,6-7H2,1H3,(H,15,19)(H,16,17,18). The maximum absolute atomic E-state index is 12.0. The second-order valence-electron chi connectivity index (χ2n) is 4.73. The number of hydrogen-bond donors (Lipinski definition) is 2. The fourth-order valence-corrected chi connectivity index (χ4v) is 1.93. The van der Waals surface area contributed by atoms with Gasteiger partial charge in [0.1, 0.15) is 11.6 Å². The minimum atomic E-state index is -0.318. The van der Waals surface area contributed by atoms with Crippen molar-refractivity contribution in [3.8, 4) is 5.75 Å². The van der Waals surface area contributed by atoms with Crippen molar-refractivity contribution < 1.29 is 9.53 Å². The minimum absolute atomic E-state index is 0.175. The molecule has 1 aromatic carbocycles. The van der Waals surface area contributed by atoms with Crippen LogP contribution >= 0.6 is 0 Å². The molecule has 0 saturated heterocycles. The summed E-state index contributed by atoms with van der Waals surface area (Å²) in [5.41, 5.74) is 0.665. The number of benzene rings is 1. The van der Waals surface area contributed by atoms with Crippen LogP contribution in [0.5, 0.6) is 5.75 Å². The Morgan fingerprint density at radius 1 is 1.50 bits per heavy atom. The number of carbonyl (C=O) groups excluding carboxylic acids is 1. The first-order valence-corrected chi connectivity index (χ1v) is 6.72. The van der Waals surface area contributed by atoms with Gasteiger partial charge in [-0.25, -0.2) is 4.98 Å². The summed E-state index contributed by atoms with van der Waals surface area (Å²) in [5.74, 6) is 1.83. The predicted molar refractivity (Wildman–Crippen MR) is 73.9 cm³/mol. The van der Waals surface area contributed by atoms with Crippen molar-refractivity contribution in [2.24, 2.45) is 0 Å². The van der Waals surface area contributed by atoms with Gasteiger partial charge in [0, 0.05) is 17.7 Å². The molecule has 104 valence electrons. The van der Waals surface area contributed by atoms with Crippen molar-refractivity contribution in [3.05, 3.63) is 35.9 Å². The highest BCUT2D eigenvalue weighted by molar-refractivity contribution is 6.01. The molecule has 0 aliphatic heterocycles. The first-order chi connectivity index (χ1) is 9.76. The molecule has 1 amide bonds. The number of H-pyrrole nitrogens is 1. The van der Waals surface area contributed by atoms with Crippen molar-refractivity contribution >= 4 is 11.6 Å². The first kappa shape index (κ1) is 12.7. The van der Waals surface area contributed by atoms with Gasteiger partial charge in [-0.15, -0.1) is 5.10 Å². The smallest absolute Gasteiger partial charge is 0.295 e. The maximum Gasteiger partial charge on any atom is 0.295 e. The lowest BCUT2D eigenvalue weighted by molar-refractivity contribution is 0.101. The largest absolute Gasteiger partial charge is 0.494 e. The number of aromatic nitrogens is 3. The number of nitrogens with one attached hydrogen (secondary N) is 2. The Morgan fingerprint density at radius 2 is 2.35 bits per heavy atom. The van der Waals surface area contributed by atoms with Gasteiger partial charge in [-0.3, -0.25) is 9.89 Å². The van der Waals surface area contributed by atoms with Crippen LogP contribution in [0.1, 0.15) is 42.1 Å². The molecule has 20 heavy (non-hydrogen) atoms. The summed E-state index contributed by atoms with van der Waals surface area (Å²) in [5, 5.41) is 9.54. The molecule has 0 bridgehead atoms. The molecule has 2 N–H and O–H groups in total. The molecule has 2 aromatic rings. The molecule has 0 atom stereocenters. The Morgan fingerprint density at radius 3 is 3.10 bits per heavy atom. The Hall–Kier alpha value is -2.37. The number of amides is 1. The summed E-state index contributed by atoms with van der Waals surface area (Å²) < 4.78 is 5.39. The molecule has 6 nitrogen and oxygen atoms in total. The molecule has 6 heteroatoms. The number of hydrogen-bond acceptors (Lipinski definition) is 4. The zero-order chi connectivity index (χ0) is 13.9. The van der Waals surface area contributed by atoms with Crippen LogP contribution in [0.3, 0.4) is 0 Å². The van der Waals surface area contributed by atoms with Gasteiger partial charge in [0.2, 0.25) is 5.82 Å². The van der Waals surface area contributed by atoms with Gasteiger partial charge in [0.15, 0.2) is 0 Å². The molecule has 1 saturated carbocycles. The van der Waals surface area contributed by atoms with E-state index in [4.69, 9.17) is 4.74 Å². The first-order valence-electron chi connectivity index (χ1n) is 6.72. The van der Waals surface area contributed by atoms with Gasteiger partial charge in [0.25, 0.3) is 5.91 Å². The van der Waals surface area contributed by atoms with Gasteiger partial charge in [0.05, 0.1) is 6.61 Å². The zero-order valence-electron chi connectivity index (χ0n) is 11.2. The molecular weight excluding hydrogens is 256 g/mol. The van der Waals surface area contributed by atoms with E-state index < -0.39 is 0 Å². The third-order valence-corrected chi connectivity index (χ3v) is 3.07. The zero-order valence-corrected chi connectivity index (χ0v) is 11.2. The van der Waals surface area contributed by atoms with Crippen LogP contribution in [-0.4, -0.2) is 27.7 Å². The van der Waals surface area contributed by atoms with Crippen LogP contribution in [0.2, 0.25) is 0 Å². The quantitative estimate of drug-likeness (QED) is 0.875. The molecule has 1 aliphatic carbocycles.